The predicted octanol–water partition coefficient (Wildman–Crippen LogP) is 2.57. The number of benzene rings is 3. The average Bonchev–Trinajstić information content (AvgIpc) is 2.88. The number of amides is 3. The monoisotopic (exact) mass is 474 g/mol. The van der Waals surface area contributed by atoms with Crippen LogP contribution in [0.4, 0.5) is 0 Å². The van der Waals surface area contributed by atoms with E-state index >= 15 is 0 Å². The van der Waals surface area contributed by atoms with Crippen LogP contribution in [0.5, 0.6) is 11.5 Å². The van der Waals surface area contributed by atoms with Crippen LogP contribution >= 0.6 is 0 Å². The molecule has 35 heavy (non-hydrogen) atoms. The first kappa shape index (κ1) is 25.0. The zero-order valence-corrected chi connectivity index (χ0v) is 19.1. The molecule has 1 atom stereocenters. The molecule has 0 aliphatic carbocycles. The SMILES string of the molecule is COc1cc(/C=N\NC(=O)C[C@@H](NC(=O)c2ccccc2)c2ccccc2)ccc1OCC(N)=O. The fourth-order valence-corrected chi connectivity index (χ4v) is 3.21. The van der Waals surface area contributed by atoms with Gasteiger partial charge in [-0.15, -0.1) is 0 Å². The van der Waals surface area contributed by atoms with Gasteiger partial charge in [0, 0.05) is 5.56 Å². The van der Waals surface area contributed by atoms with Crippen LogP contribution in [0.2, 0.25) is 0 Å². The molecule has 0 heterocycles. The maximum absolute atomic E-state index is 12.7. The lowest BCUT2D eigenvalue weighted by Gasteiger charge is -2.18. The van der Waals surface area contributed by atoms with Crippen molar-refractivity contribution in [2.75, 3.05) is 13.7 Å². The molecule has 0 saturated heterocycles. The standard InChI is InChI=1S/C26H26N4O5/c1-34-23-14-18(12-13-22(23)35-17-24(27)31)16-28-30-25(32)15-21(19-8-4-2-5-9-19)29-26(33)20-10-6-3-7-11-20/h2-14,16,21H,15,17H2,1H3,(H2,27,31)(H,29,33)(H,30,32)/b28-16-/t21-/m1/s1. The van der Waals surface area contributed by atoms with E-state index in [2.05, 4.69) is 15.8 Å². The van der Waals surface area contributed by atoms with Crippen LogP contribution in [0, 0.1) is 0 Å². The molecule has 3 amide bonds. The third-order valence-electron chi connectivity index (χ3n) is 4.89. The van der Waals surface area contributed by atoms with Gasteiger partial charge in [-0.25, -0.2) is 5.43 Å². The highest BCUT2D eigenvalue weighted by atomic mass is 16.5. The number of hydrazone groups is 1. The van der Waals surface area contributed by atoms with E-state index in [1.807, 2.05) is 36.4 Å². The van der Waals surface area contributed by atoms with E-state index in [1.165, 1.54) is 13.3 Å². The van der Waals surface area contributed by atoms with E-state index in [9.17, 15) is 14.4 Å². The Kier molecular flexibility index (Phi) is 8.95. The Bertz CT molecular complexity index is 1180. The summed E-state index contributed by atoms with van der Waals surface area (Å²) in [6, 6.07) is 22.4. The van der Waals surface area contributed by atoms with Crippen LogP contribution in [0.3, 0.4) is 0 Å². The van der Waals surface area contributed by atoms with E-state index in [0.29, 0.717) is 22.6 Å². The smallest absolute Gasteiger partial charge is 0.255 e. The Hall–Kier alpha value is -4.66. The van der Waals surface area contributed by atoms with Crippen molar-refractivity contribution in [3.8, 4) is 11.5 Å². The Morgan fingerprint density at radius 1 is 0.971 bits per heavy atom. The molecule has 0 saturated carbocycles. The van der Waals surface area contributed by atoms with Crippen LogP contribution in [0.1, 0.15) is 33.9 Å². The fourth-order valence-electron chi connectivity index (χ4n) is 3.21. The molecule has 9 heteroatoms. The maximum atomic E-state index is 12.7. The summed E-state index contributed by atoms with van der Waals surface area (Å²) in [7, 11) is 1.46. The van der Waals surface area contributed by atoms with E-state index in [-0.39, 0.29) is 24.8 Å². The summed E-state index contributed by atoms with van der Waals surface area (Å²) in [6.07, 6.45) is 1.43. The molecule has 0 radical (unpaired) electrons. The lowest BCUT2D eigenvalue weighted by atomic mass is 10.0. The summed E-state index contributed by atoms with van der Waals surface area (Å²) in [6.45, 7) is -0.275. The number of carbonyl (C=O) groups is 3. The summed E-state index contributed by atoms with van der Waals surface area (Å²) in [5, 5.41) is 6.91. The summed E-state index contributed by atoms with van der Waals surface area (Å²) >= 11 is 0. The zero-order valence-electron chi connectivity index (χ0n) is 19.1. The van der Waals surface area contributed by atoms with Gasteiger partial charge in [-0.2, -0.15) is 5.10 Å². The Balaban J connectivity index is 1.64. The molecule has 3 rings (SSSR count). The number of carbonyl (C=O) groups excluding carboxylic acids is 3. The molecule has 0 spiro atoms. The van der Waals surface area contributed by atoms with Crippen molar-refractivity contribution < 1.29 is 23.9 Å². The summed E-state index contributed by atoms with van der Waals surface area (Å²) in [5.74, 6) is -0.519. The largest absolute Gasteiger partial charge is 0.493 e. The van der Waals surface area contributed by atoms with Crippen molar-refractivity contribution in [2.45, 2.75) is 12.5 Å². The van der Waals surface area contributed by atoms with Gasteiger partial charge in [0.2, 0.25) is 5.91 Å². The molecule has 0 aromatic heterocycles. The molecule has 0 aliphatic rings. The van der Waals surface area contributed by atoms with E-state index in [1.54, 1.807) is 42.5 Å². The lowest BCUT2D eigenvalue weighted by molar-refractivity contribution is -0.121. The summed E-state index contributed by atoms with van der Waals surface area (Å²) in [4.78, 5) is 36.2. The topological polar surface area (TPSA) is 132 Å². The second-order valence-electron chi connectivity index (χ2n) is 7.47. The second-order valence-corrected chi connectivity index (χ2v) is 7.47. The van der Waals surface area contributed by atoms with Gasteiger partial charge in [0.1, 0.15) is 0 Å². The van der Waals surface area contributed by atoms with Gasteiger partial charge in [0.25, 0.3) is 11.8 Å². The number of nitrogens with two attached hydrogens (primary N) is 1. The number of hydrogen-bond acceptors (Lipinski definition) is 6. The van der Waals surface area contributed by atoms with E-state index < -0.39 is 11.9 Å². The molecule has 3 aromatic rings. The Morgan fingerprint density at radius 2 is 1.66 bits per heavy atom. The third-order valence-corrected chi connectivity index (χ3v) is 4.89. The first-order valence-corrected chi connectivity index (χ1v) is 10.8. The highest BCUT2D eigenvalue weighted by molar-refractivity contribution is 5.94. The quantitative estimate of drug-likeness (QED) is 0.290. The van der Waals surface area contributed by atoms with Gasteiger partial charge >= 0.3 is 0 Å². The molecule has 3 aromatic carbocycles. The fraction of sp³-hybridized carbons (Fsp3) is 0.154. The zero-order chi connectivity index (χ0) is 25.0. The van der Waals surface area contributed by atoms with Gasteiger partial charge in [-0.1, -0.05) is 48.5 Å². The molecule has 9 nitrogen and oxygen atoms in total. The number of rotatable bonds is 11. The Morgan fingerprint density at radius 3 is 2.31 bits per heavy atom. The third kappa shape index (κ3) is 7.71. The highest BCUT2D eigenvalue weighted by Gasteiger charge is 2.19. The van der Waals surface area contributed by atoms with Crippen molar-refractivity contribution in [2.24, 2.45) is 10.8 Å². The second kappa shape index (κ2) is 12.5. The molecule has 180 valence electrons. The van der Waals surface area contributed by atoms with Crippen LogP contribution < -0.4 is 25.9 Å². The molecule has 0 aliphatic heterocycles. The minimum absolute atomic E-state index is 0.0108. The summed E-state index contributed by atoms with van der Waals surface area (Å²) in [5.41, 5.74) is 9.51. The normalized spacial score (nSPS) is 11.5. The summed E-state index contributed by atoms with van der Waals surface area (Å²) < 4.78 is 10.5. The van der Waals surface area contributed by atoms with Crippen LogP contribution in [0.25, 0.3) is 0 Å². The van der Waals surface area contributed by atoms with Crippen molar-refractivity contribution in [3.05, 3.63) is 95.6 Å². The lowest BCUT2D eigenvalue weighted by Crippen LogP contribution is -2.32. The van der Waals surface area contributed by atoms with E-state index in [4.69, 9.17) is 15.2 Å². The number of nitrogens with one attached hydrogen (secondary N) is 2. The minimum atomic E-state index is -0.603. The van der Waals surface area contributed by atoms with Gasteiger partial charge in [-0.05, 0) is 41.5 Å². The minimum Gasteiger partial charge on any atom is -0.493 e. The van der Waals surface area contributed by atoms with Crippen molar-refractivity contribution in [1.82, 2.24) is 10.7 Å². The number of ether oxygens (including phenoxy) is 2. The van der Waals surface area contributed by atoms with Crippen molar-refractivity contribution >= 4 is 23.9 Å². The first-order valence-electron chi connectivity index (χ1n) is 10.8. The number of primary amides is 1. The maximum Gasteiger partial charge on any atom is 0.255 e. The molecule has 4 N–H and O–H groups in total. The van der Waals surface area contributed by atoms with Gasteiger partial charge in [-0.3, -0.25) is 14.4 Å². The highest BCUT2D eigenvalue weighted by Crippen LogP contribution is 2.27. The van der Waals surface area contributed by atoms with Gasteiger partial charge in [0.05, 0.1) is 25.8 Å². The molecular weight excluding hydrogens is 448 g/mol. The number of nitrogens with zero attached hydrogens (tertiary/aromatic N) is 1. The van der Waals surface area contributed by atoms with Gasteiger partial charge < -0.3 is 20.5 Å². The molecular formula is C26H26N4O5. The molecule has 0 unspecified atom stereocenters. The molecule has 0 fully saturated rings. The van der Waals surface area contributed by atoms with Crippen LogP contribution in [-0.2, 0) is 9.59 Å². The number of hydrogen-bond donors (Lipinski definition) is 3. The van der Waals surface area contributed by atoms with Crippen molar-refractivity contribution in [1.29, 1.82) is 0 Å². The molecule has 0 bridgehead atoms. The number of methoxy groups -OCH3 is 1. The van der Waals surface area contributed by atoms with Crippen LogP contribution in [-0.4, -0.2) is 37.7 Å². The van der Waals surface area contributed by atoms with Crippen molar-refractivity contribution in [3.63, 3.8) is 0 Å². The Labute approximate surface area is 202 Å². The first-order chi connectivity index (χ1) is 17.0. The van der Waals surface area contributed by atoms with Crippen LogP contribution in [0.15, 0.2) is 84.0 Å². The average molecular weight is 475 g/mol. The van der Waals surface area contributed by atoms with E-state index in [0.717, 1.165) is 5.56 Å². The van der Waals surface area contributed by atoms with Gasteiger partial charge in [0.15, 0.2) is 18.1 Å². The predicted molar refractivity (Wildman–Crippen MR) is 131 cm³/mol.